The van der Waals surface area contributed by atoms with Crippen molar-refractivity contribution in [3.8, 4) is 0 Å². The second-order valence-electron chi connectivity index (χ2n) is 7.19. The van der Waals surface area contributed by atoms with E-state index in [4.69, 9.17) is 0 Å². The average Bonchev–Trinajstić information content (AvgIpc) is 2.87. The summed E-state index contributed by atoms with van der Waals surface area (Å²) >= 11 is 0. The highest BCUT2D eigenvalue weighted by atomic mass is 16.2. The lowest BCUT2D eigenvalue weighted by Crippen LogP contribution is -2.53. The molecule has 1 atom stereocenters. The summed E-state index contributed by atoms with van der Waals surface area (Å²) in [6, 6.07) is 13.8. The number of benzene rings is 2. The van der Waals surface area contributed by atoms with E-state index < -0.39 is 5.54 Å². The molecule has 0 saturated carbocycles. The lowest BCUT2D eigenvalue weighted by molar-refractivity contribution is -0.133. The molecule has 5 heteroatoms. The van der Waals surface area contributed by atoms with Gasteiger partial charge in [0.05, 0.1) is 6.54 Å². The van der Waals surface area contributed by atoms with Crippen molar-refractivity contribution >= 4 is 22.7 Å². The number of hydrogen-bond donors (Lipinski definition) is 2. The smallest absolute Gasteiger partial charge is 0.323 e. The van der Waals surface area contributed by atoms with Gasteiger partial charge in [0, 0.05) is 0 Å². The lowest BCUT2D eigenvalue weighted by atomic mass is 9.79. The van der Waals surface area contributed by atoms with Gasteiger partial charge in [0.2, 0.25) is 0 Å². The van der Waals surface area contributed by atoms with Crippen LogP contribution in [0.25, 0.3) is 10.8 Å². The van der Waals surface area contributed by atoms with Crippen molar-refractivity contribution in [1.29, 1.82) is 0 Å². The average molecular weight is 337 g/mol. The molecular weight excluding hydrogens is 314 g/mol. The first kappa shape index (κ1) is 16.1. The van der Waals surface area contributed by atoms with Gasteiger partial charge in [-0.3, -0.25) is 9.69 Å². The summed E-state index contributed by atoms with van der Waals surface area (Å²) in [5, 5.41) is 8.50. The number of hydrogen-bond acceptors (Lipinski definition) is 3. The summed E-state index contributed by atoms with van der Waals surface area (Å²) in [6.07, 6.45) is 1.81. The Kier molecular flexibility index (Phi) is 3.96. The minimum Gasteiger partial charge on any atom is -0.323 e. The molecule has 2 fully saturated rings. The third-order valence-electron chi connectivity index (χ3n) is 5.67. The Morgan fingerprint density at radius 3 is 2.60 bits per heavy atom. The third kappa shape index (κ3) is 2.68. The molecule has 2 heterocycles. The Labute approximate surface area is 147 Å². The second-order valence-corrected chi connectivity index (χ2v) is 7.19. The summed E-state index contributed by atoms with van der Waals surface area (Å²) in [4.78, 5) is 27.0. The van der Waals surface area contributed by atoms with E-state index in [1.807, 2.05) is 49.4 Å². The Hall–Kier alpha value is -2.40. The van der Waals surface area contributed by atoms with Crippen LogP contribution in [-0.4, -0.2) is 35.5 Å². The second kappa shape index (κ2) is 6.15. The molecule has 0 aromatic heterocycles. The van der Waals surface area contributed by atoms with Crippen LogP contribution in [0.2, 0.25) is 0 Å². The fourth-order valence-corrected chi connectivity index (χ4v) is 4.14. The van der Waals surface area contributed by atoms with Crippen molar-refractivity contribution in [3.05, 3.63) is 48.0 Å². The number of nitrogens with one attached hydrogen (secondary N) is 2. The summed E-state index contributed by atoms with van der Waals surface area (Å²) in [5.41, 5.74) is 0.209. The first-order valence-electron chi connectivity index (χ1n) is 8.91. The molecule has 2 aliphatic heterocycles. The number of nitrogens with zero attached hydrogens (tertiary/aromatic N) is 1. The zero-order valence-corrected chi connectivity index (χ0v) is 14.4. The van der Waals surface area contributed by atoms with Crippen molar-refractivity contribution in [3.63, 3.8) is 0 Å². The van der Waals surface area contributed by atoms with Crippen molar-refractivity contribution in [2.45, 2.75) is 31.8 Å². The van der Waals surface area contributed by atoms with Gasteiger partial charge in [-0.25, -0.2) is 4.79 Å². The van der Waals surface area contributed by atoms with Gasteiger partial charge in [-0.05, 0) is 55.1 Å². The number of imide groups is 1. The maximum Gasteiger partial charge on any atom is 0.325 e. The number of carbonyl (C=O) groups is 2. The summed E-state index contributed by atoms with van der Waals surface area (Å²) in [6.45, 7) is 3.98. The van der Waals surface area contributed by atoms with E-state index in [1.54, 1.807) is 0 Å². The van der Waals surface area contributed by atoms with Gasteiger partial charge in [0.25, 0.3) is 5.91 Å². The topological polar surface area (TPSA) is 61.4 Å². The first-order chi connectivity index (χ1) is 12.1. The minimum atomic E-state index is -0.788. The molecule has 2 aromatic carbocycles. The van der Waals surface area contributed by atoms with Crippen LogP contribution in [0.1, 0.15) is 25.3 Å². The molecular formula is C20H23N3O2. The van der Waals surface area contributed by atoms with Crippen LogP contribution >= 0.6 is 0 Å². The molecule has 0 radical (unpaired) electrons. The van der Waals surface area contributed by atoms with E-state index in [-0.39, 0.29) is 17.9 Å². The number of piperidine rings is 1. The largest absolute Gasteiger partial charge is 0.325 e. The van der Waals surface area contributed by atoms with Crippen LogP contribution in [0.3, 0.4) is 0 Å². The number of rotatable bonds is 3. The monoisotopic (exact) mass is 337 g/mol. The Balaban J connectivity index is 1.62. The predicted octanol–water partition coefficient (Wildman–Crippen LogP) is 2.65. The van der Waals surface area contributed by atoms with E-state index in [0.717, 1.165) is 42.3 Å². The number of carbonyl (C=O) groups excluding carboxylic acids is 2. The number of urea groups is 1. The number of fused-ring (bicyclic) bond motifs is 1. The maximum absolute atomic E-state index is 13.1. The molecule has 5 nitrogen and oxygen atoms in total. The molecule has 2 aliphatic rings. The molecule has 0 bridgehead atoms. The van der Waals surface area contributed by atoms with Crippen LogP contribution in [0.4, 0.5) is 4.79 Å². The van der Waals surface area contributed by atoms with Gasteiger partial charge in [-0.2, -0.15) is 0 Å². The zero-order valence-electron chi connectivity index (χ0n) is 14.4. The molecule has 1 unspecified atom stereocenters. The van der Waals surface area contributed by atoms with Crippen molar-refractivity contribution in [1.82, 2.24) is 15.5 Å². The molecule has 3 amide bonds. The van der Waals surface area contributed by atoms with Crippen molar-refractivity contribution < 1.29 is 9.59 Å². The van der Waals surface area contributed by atoms with Crippen molar-refractivity contribution in [2.75, 3.05) is 13.1 Å². The summed E-state index contributed by atoms with van der Waals surface area (Å²) in [5.74, 6) is 0.0834. The first-order valence-corrected chi connectivity index (χ1v) is 8.91. The highest BCUT2D eigenvalue weighted by molar-refractivity contribution is 6.07. The molecule has 0 spiro atoms. The molecule has 2 N–H and O–H groups in total. The van der Waals surface area contributed by atoms with Gasteiger partial charge in [-0.1, -0.05) is 42.5 Å². The SMILES string of the molecule is CC1(C2CCNCC2)NC(=O)N(Cc2cccc3ccccc23)C1=O. The Bertz CT molecular complexity index is 823. The maximum atomic E-state index is 13.1. The van der Waals surface area contributed by atoms with Gasteiger partial charge >= 0.3 is 6.03 Å². The fraction of sp³-hybridized carbons (Fsp3) is 0.400. The standard InChI is InChI=1S/C20H23N3O2/c1-20(16-9-11-21-12-10-16)18(24)23(19(25)22-20)13-15-7-4-6-14-5-2-3-8-17(14)15/h2-8,16,21H,9-13H2,1H3,(H,22,25). The van der Waals surface area contributed by atoms with Gasteiger partial charge in [-0.15, -0.1) is 0 Å². The van der Waals surface area contributed by atoms with Crippen LogP contribution in [-0.2, 0) is 11.3 Å². The lowest BCUT2D eigenvalue weighted by Gasteiger charge is -2.34. The predicted molar refractivity (Wildman–Crippen MR) is 97.0 cm³/mol. The molecule has 0 aliphatic carbocycles. The van der Waals surface area contributed by atoms with Gasteiger partial charge < -0.3 is 10.6 Å². The van der Waals surface area contributed by atoms with E-state index in [0.29, 0.717) is 6.54 Å². The molecule has 130 valence electrons. The quantitative estimate of drug-likeness (QED) is 0.847. The number of amides is 3. The van der Waals surface area contributed by atoms with Crippen LogP contribution in [0, 0.1) is 5.92 Å². The fourth-order valence-electron chi connectivity index (χ4n) is 4.14. The summed E-state index contributed by atoms with van der Waals surface area (Å²) in [7, 11) is 0. The molecule has 4 rings (SSSR count). The molecule has 2 aromatic rings. The van der Waals surface area contributed by atoms with E-state index in [1.165, 1.54) is 4.90 Å². The van der Waals surface area contributed by atoms with Crippen LogP contribution in [0.5, 0.6) is 0 Å². The van der Waals surface area contributed by atoms with E-state index in [2.05, 4.69) is 10.6 Å². The normalized spacial score (nSPS) is 24.8. The highest BCUT2D eigenvalue weighted by Crippen LogP contribution is 2.33. The highest BCUT2D eigenvalue weighted by Gasteiger charge is 2.52. The van der Waals surface area contributed by atoms with Crippen LogP contribution < -0.4 is 10.6 Å². The Morgan fingerprint density at radius 2 is 1.80 bits per heavy atom. The minimum absolute atomic E-state index is 0.0997. The van der Waals surface area contributed by atoms with Gasteiger partial charge in [0.1, 0.15) is 5.54 Å². The van der Waals surface area contributed by atoms with E-state index in [9.17, 15) is 9.59 Å². The van der Waals surface area contributed by atoms with E-state index >= 15 is 0 Å². The van der Waals surface area contributed by atoms with Crippen molar-refractivity contribution in [2.24, 2.45) is 5.92 Å². The molecule has 25 heavy (non-hydrogen) atoms. The van der Waals surface area contributed by atoms with Crippen LogP contribution in [0.15, 0.2) is 42.5 Å². The zero-order chi connectivity index (χ0) is 17.4. The van der Waals surface area contributed by atoms with Gasteiger partial charge in [0.15, 0.2) is 0 Å². The summed E-state index contributed by atoms with van der Waals surface area (Å²) < 4.78 is 0. The third-order valence-corrected chi connectivity index (χ3v) is 5.67. The Morgan fingerprint density at radius 1 is 1.08 bits per heavy atom. The molecule has 2 saturated heterocycles.